The molecule has 1 amide bonds. The molecule has 12 nitrogen and oxygen atoms in total. The molecule has 0 spiro atoms. The van der Waals surface area contributed by atoms with Crippen molar-refractivity contribution >= 4 is 28.9 Å². The van der Waals surface area contributed by atoms with Gasteiger partial charge in [0.05, 0.1) is 32.1 Å². The average Bonchev–Trinajstić information content (AvgIpc) is 3.49. The van der Waals surface area contributed by atoms with Crippen molar-refractivity contribution in [3.8, 4) is 5.82 Å². The lowest BCUT2D eigenvalue weighted by atomic mass is 10.1. The van der Waals surface area contributed by atoms with Crippen LogP contribution in [0, 0.1) is 12.7 Å². The van der Waals surface area contributed by atoms with Gasteiger partial charge in [0.15, 0.2) is 5.82 Å². The minimum atomic E-state index is -0.995. The van der Waals surface area contributed by atoms with E-state index >= 15 is 0 Å². The smallest absolute Gasteiger partial charge is 0.255 e. The van der Waals surface area contributed by atoms with E-state index in [1.807, 2.05) is 31.2 Å². The van der Waals surface area contributed by atoms with E-state index in [4.69, 9.17) is 14.6 Å². The van der Waals surface area contributed by atoms with Gasteiger partial charge in [-0.3, -0.25) is 14.6 Å². The van der Waals surface area contributed by atoms with Crippen LogP contribution in [0.2, 0.25) is 0 Å². The third kappa shape index (κ3) is 8.46. The van der Waals surface area contributed by atoms with Gasteiger partial charge in [-0.1, -0.05) is 6.07 Å². The zero-order valence-corrected chi connectivity index (χ0v) is 26.3. The number of nitrogens with one attached hydrogen (secondary N) is 3. The van der Waals surface area contributed by atoms with Crippen LogP contribution in [0.4, 0.5) is 31.8 Å². The first-order valence-corrected chi connectivity index (χ1v) is 15.7. The maximum absolute atomic E-state index is 13.8. The number of morpholine rings is 2. The molecule has 248 valence electrons. The first-order valence-electron chi connectivity index (χ1n) is 15.7. The predicted molar refractivity (Wildman–Crippen MR) is 175 cm³/mol. The van der Waals surface area contributed by atoms with Gasteiger partial charge in [-0.15, -0.1) is 0 Å². The van der Waals surface area contributed by atoms with Crippen LogP contribution in [0.3, 0.4) is 0 Å². The van der Waals surface area contributed by atoms with Crippen LogP contribution in [0.15, 0.2) is 54.9 Å². The van der Waals surface area contributed by atoms with Crippen LogP contribution in [-0.4, -0.2) is 101 Å². The molecule has 4 heterocycles. The molecule has 0 unspecified atom stereocenters. The summed E-state index contributed by atoms with van der Waals surface area (Å²) in [4.78, 5) is 26.6. The Labute approximate surface area is 272 Å². The Morgan fingerprint density at radius 3 is 2.47 bits per heavy atom. The van der Waals surface area contributed by atoms with Crippen LogP contribution in [0.25, 0.3) is 5.82 Å². The highest BCUT2D eigenvalue weighted by molar-refractivity contribution is 6.04. The predicted octanol–water partition coefficient (Wildman–Crippen LogP) is 4.15. The summed E-state index contributed by atoms with van der Waals surface area (Å²) in [6.45, 7) is 9.57. The van der Waals surface area contributed by atoms with E-state index in [2.05, 4.69) is 35.7 Å². The van der Waals surface area contributed by atoms with Gasteiger partial charge in [0, 0.05) is 80.4 Å². The van der Waals surface area contributed by atoms with E-state index in [1.165, 1.54) is 18.5 Å². The molecule has 0 radical (unpaired) electrons. The number of halogens is 2. The first-order chi connectivity index (χ1) is 22.9. The van der Waals surface area contributed by atoms with Crippen molar-refractivity contribution in [2.24, 2.45) is 0 Å². The highest BCUT2D eigenvalue weighted by Crippen LogP contribution is 2.28. The first kappa shape index (κ1) is 32.4. The number of rotatable bonds is 12. The lowest BCUT2D eigenvalue weighted by molar-refractivity contribution is 0.0336. The number of nitrogens with zero attached hydrogens (tertiary/aromatic N) is 6. The third-order valence-corrected chi connectivity index (χ3v) is 8.17. The molecule has 2 fully saturated rings. The molecule has 2 aromatic heterocycles. The van der Waals surface area contributed by atoms with Gasteiger partial charge in [-0.05, 0) is 42.8 Å². The fraction of sp³-hybridized carbons (Fsp3) is 0.394. The second kappa shape index (κ2) is 15.4. The molecule has 2 aliphatic rings. The van der Waals surface area contributed by atoms with Crippen LogP contribution < -0.4 is 16.0 Å². The largest absolute Gasteiger partial charge is 0.379 e. The third-order valence-electron chi connectivity index (χ3n) is 8.17. The summed E-state index contributed by atoms with van der Waals surface area (Å²) in [5, 5.41) is 14.7. The van der Waals surface area contributed by atoms with Gasteiger partial charge in [-0.2, -0.15) is 9.78 Å². The Morgan fingerprint density at radius 1 is 0.936 bits per heavy atom. The van der Waals surface area contributed by atoms with Gasteiger partial charge >= 0.3 is 0 Å². The molecule has 0 saturated carbocycles. The van der Waals surface area contributed by atoms with Crippen LogP contribution in [0.5, 0.6) is 0 Å². The summed E-state index contributed by atoms with van der Waals surface area (Å²) < 4.78 is 39.7. The van der Waals surface area contributed by atoms with Crippen molar-refractivity contribution in [3.05, 3.63) is 83.1 Å². The van der Waals surface area contributed by atoms with E-state index in [0.717, 1.165) is 75.5 Å². The summed E-state index contributed by atoms with van der Waals surface area (Å²) in [6.07, 6.45) is 1.52. The Kier molecular flexibility index (Phi) is 10.6. The maximum Gasteiger partial charge on any atom is 0.255 e. The molecule has 2 aromatic carbocycles. The van der Waals surface area contributed by atoms with Crippen molar-refractivity contribution in [3.63, 3.8) is 0 Å². The molecule has 14 heteroatoms. The van der Waals surface area contributed by atoms with Gasteiger partial charge in [0.25, 0.3) is 5.91 Å². The Bertz CT molecular complexity index is 1670. The van der Waals surface area contributed by atoms with Gasteiger partial charge in [0.1, 0.15) is 30.5 Å². The number of carbonyl (C=O) groups excluding carboxylic acids is 1. The fourth-order valence-electron chi connectivity index (χ4n) is 5.48. The summed E-state index contributed by atoms with van der Waals surface area (Å²) in [5.41, 5.74) is 3.05. The number of aromatic nitrogens is 4. The van der Waals surface area contributed by atoms with E-state index in [0.29, 0.717) is 42.9 Å². The number of amides is 1. The topological polar surface area (TPSA) is 122 Å². The van der Waals surface area contributed by atoms with Crippen molar-refractivity contribution in [2.75, 3.05) is 81.6 Å². The maximum atomic E-state index is 13.8. The van der Waals surface area contributed by atoms with Crippen LogP contribution >= 0.6 is 0 Å². The number of benzene rings is 2. The number of alkyl halides is 1. The van der Waals surface area contributed by atoms with Crippen LogP contribution in [0.1, 0.15) is 27.2 Å². The molecule has 0 atom stereocenters. The number of hydrogen-bond donors (Lipinski definition) is 3. The zero-order chi connectivity index (χ0) is 32.6. The average molecular weight is 648 g/mol. The van der Waals surface area contributed by atoms with E-state index in [9.17, 15) is 13.6 Å². The van der Waals surface area contributed by atoms with Gasteiger partial charge in [0.2, 0.25) is 0 Å². The SMILES string of the molecule is Cc1ccc(NC(=O)c2ccc(F)c(CF)c2)cc1Nc1cc(CN2CCOCC2)nn1-c1cc(NCCN2CCOCC2)ncn1. The summed E-state index contributed by atoms with van der Waals surface area (Å²) in [5.74, 6) is 0.810. The number of carbonyl (C=O) groups is 1. The highest BCUT2D eigenvalue weighted by atomic mass is 19.1. The monoisotopic (exact) mass is 647 g/mol. The van der Waals surface area contributed by atoms with Crippen molar-refractivity contribution in [1.82, 2.24) is 29.5 Å². The van der Waals surface area contributed by atoms with Crippen molar-refractivity contribution < 1.29 is 23.0 Å². The quantitative estimate of drug-likeness (QED) is 0.207. The minimum absolute atomic E-state index is 0.162. The van der Waals surface area contributed by atoms with Gasteiger partial charge < -0.3 is 25.4 Å². The molecule has 4 aromatic rings. The Morgan fingerprint density at radius 2 is 1.70 bits per heavy atom. The van der Waals surface area contributed by atoms with Crippen molar-refractivity contribution in [1.29, 1.82) is 0 Å². The molecule has 2 aliphatic heterocycles. The molecule has 0 aliphatic carbocycles. The minimum Gasteiger partial charge on any atom is -0.379 e. The number of aryl methyl sites for hydroxylation is 1. The standard InChI is InChI=1S/C33H39F2N9O3/c1-23-2-4-26(39-33(45)24-3-5-28(35)25(16-24)20-34)17-29(23)40-32-18-27(21-43-10-14-47-15-11-43)41-44(32)31-19-30(37-22-38-31)36-6-7-42-8-12-46-13-9-42/h2-5,16-19,22,40H,6-15,20-21H2,1H3,(H,39,45)(H,36,37,38). The molecule has 6 rings (SSSR count). The summed E-state index contributed by atoms with van der Waals surface area (Å²) >= 11 is 0. The molecule has 0 bridgehead atoms. The fourth-order valence-corrected chi connectivity index (χ4v) is 5.48. The molecule has 3 N–H and O–H groups in total. The van der Waals surface area contributed by atoms with Crippen molar-refractivity contribution in [2.45, 2.75) is 20.1 Å². The number of ether oxygens (including phenoxy) is 2. The molecular formula is C33H39F2N9O3. The lowest BCUT2D eigenvalue weighted by Crippen LogP contribution is -2.39. The van der Waals surface area contributed by atoms with E-state index in [1.54, 1.807) is 10.7 Å². The normalized spacial score (nSPS) is 15.8. The highest BCUT2D eigenvalue weighted by Gasteiger charge is 2.18. The lowest BCUT2D eigenvalue weighted by Gasteiger charge is -2.26. The Hall–Kier alpha value is -4.50. The van der Waals surface area contributed by atoms with E-state index in [-0.39, 0.29) is 11.1 Å². The van der Waals surface area contributed by atoms with Gasteiger partial charge in [-0.25, -0.2) is 18.7 Å². The van der Waals surface area contributed by atoms with Crippen LogP contribution in [-0.2, 0) is 22.7 Å². The van der Waals surface area contributed by atoms with E-state index < -0.39 is 18.4 Å². The second-order valence-corrected chi connectivity index (χ2v) is 11.5. The molecule has 47 heavy (non-hydrogen) atoms. The number of anilines is 4. The second-order valence-electron chi connectivity index (χ2n) is 11.5. The summed E-state index contributed by atoms with van der Waals surface area (Å²) in [6, 6.07) is 13.0. The molecule has 2 saturated heterocycles. The Balaban J connectivity index is 1.22. The molecular weight excluding hydrogens is 608 g/mol. The number of hydrogen-bond acceptors (Lipinski definition) is 10. The zero-order valence-electron chi connectivity index (χ0n) is 26.3. The summed E-state index contributed by atoms with van der Waals surface area (Å²) in [7, 11) is 0.